The first-order chi connectivity index (χ1) is 14.1. The summed E-state index contributed by atoms with van der Waals surface area (Å²) in [6.07, 6.45) is 1.81. The van der Waals surface area contributed by atoms with Gasteiger partial charge >= 0.3 is 0 Å². The van der Waals surface area contributed by atoms with Crippen molar-refractivity contribution in [3.8, 4) is 0 Å². The zero-order valence-corrected chi connectivity index (χ0v) is 18.5. The molecule has 2 unspecified atom stereocenters. The summed E-state index contributed by atoms with van der Waals surface area (Å²) in [5.74, 6) is 0.949. The highest BCUT2D eigenvalue weighted by Crippen LogP contribution is 2.19. The number of nitrogens with one attached hydrogen (secondary N) is 1. The fourth-order valence-electron chi connectivity index (χ4n) is 4.66. The summed E-state index contributed by atoms with van der Waals surface area (Å²) in [6, 6.07) is 9.25. The summed E-state index contributed by atoms with van der Waals surface area (Å²) in [4.78, 5) is 12.0. The smallest absolute Gasteiger partial charge is 0.194 e. The van der Waals surface area contributed by atoms with E-state index < -0.39 is 6.10 Å². The molecular formula is C23H39N5O. The second kappa shape index (κ2) is 11.0. The molecule has 0 aliphatic carbocycles. The fraction of sp³-hybridized carbons (Fsp3) is 0.696. The standard InChI is InChI=1S/C23H39N5O/c1-4-24-23(28-14-12-21(17-28)27(5-2)6-3)25-15-22(29)18-26-13-11-19-9-7-8-10-20(19)16-26/h7-10,21-22,29H,4-6,11-18H2,1-3H3,(H,24,25). The number of likely N-dealkylation sites (N-methyl/N-ethyl adjacent to an activating group) is 1. The van der Waals surface area contributed by atoms with Crippen LogP contribution in [-0.2, 0) is 13.0 Å². The van der Waals surface area contributed by atoms with E-state index in [2.05, 4.69) is 65.1 Å². The number of likely N-dealkylation sites (tertiary alicyclic amines) is 1. The van der Waals surface area contributed by atoms with Gasteiger partial charge in [-0.15, -0.1) is 0 Å². The van der Waals surface area contributed by atoms with E-state index in [1.165, 1.54) is 17.5 Å². The molecule has 0 amide bonds. The second-order valence-corrected chi connectivity index (χ2v) is 8.21. The predicted molar refractivity (Wildman–Crippen MR) is 120 cm³/mol. The van der Waals surface area contributed by atoms with Crippen molar-refractivity contribution in [3.63, 3.8) is 0 Å². The Morgan fingerprint density at radius 1 is 1.21 bits per heavy atom. The summed E-state index contributed by atoms with van der Waals surface area (Å²) < 4.78 is 0. The quantitative estimate of drug-likeness (QED) is 0.514. The third-order valence-electron chi connectivity index (χ3n) is 6.26. The zero-order valence-electron chi connectivity index (χ0n) is 18.5. The number of hydrogen-bond donors (Lipinski definition) is 2. The minimum Gasteiger partial charge on any atom is -0.390 e. The number of guanidine groups is 1. The number of aliphatic hydroxyl groups excluding tert-OH is 1. The van der Waals surface area contributed by atoms with Crippen LogP contribution in [-0.4, -0.2) is 90.3 Å². The number of aliphatic hydroxyl groups is 1. The van der Waals surface area contributed by atoms with E-state index in [1.807, 2.05) is 0 Å². The Labute approximate surface area is 176 Å². The summed E-state index contributed by atoms with van der Waals surface area (Å²) in [5, 5.41) is 14.0. The molecule has 2 N–H and O–H groups in total. The molecule has 29 heavy (non-hydrogen) atoms. The van der Waals surface area contributed by atoms with Gasteiger partial charge in [0.05, 0.1) is 12.6 Å². The average molecular weight is 402 g/mol. The summed E-state index contributed by atoms with van der Waals surface area (Å²) in [7, 11) is 0. The van der Waals surface area contributed by atoms with Crippen molar-refractivity contribution in [2.24, 2.45) is 4.99 Å². The third kappa shape index (κ3) is 5.93. The van der Waals surface area contributed by atoms with E-state index in [1.54, 1.807) is 0 Å². The lowest BCUT2D eigenvalue weighted by atomic mass is 10.00. The van der Waals surface area contributed by atoms with Gasteiger partial charge < -0.3 is 15.3 Å². The van der Waals surface area contributed by atoms with Crippen LogP contribution in [0.15, 0.2) is 29.3 Å². The Morgan fingerprint density at radius 3 is 2.69 bits per heavy atom. The number of fused-ring (bicyclic) bond motifs is 1. The van der Waals surface area contributed by atoms with Crippen LogP contribution in [0.1, 0.15) is 38.3 Å². The summed E-state index contributed by atoms with van der Waals surface area (Å²) >= 11 is 0. The Bertz CT molecular complexity index is 660. The van der Waals surface area contributed by atoms with Crippen molar-refractivity contribution in [1.82, 2.24) is 20.0 Å². The van der Waals surface area contributed by atoms with Crippen LogP contribution in [0.5, 0.6) is 0 Å². The van der Waals surface area contributed by atoms with Gasteiger partial charge in [0.2, 0.25) is 0 Å². The largest absolute Gasteiger partial charge is 0.390 e. The molecule has 2 aliphatic heterocycles. The molecule has 1 saturated heterocycles. The molecule has 162 valence electrons. The maximum Gasteiger partial charge on any atom is 0.194 e. The number of β-amino-alcohol motifs (C(OH)–C–C–N with tert-alkyl or cyclic N) is 1. The molecule has 1 aromatic carbocycles. The molecule has 2 heterocycles. The third-order valence-corrected chi connectivity index (χ3v) is 6.26. The van der Waals surface area contributed by atoms with E-state index in [0.29, 0.717) is 19.1 Å². The maximum atomic E-state index is 10.6. The van der Waals surface area contributed by atoms with Crippen molar-refractivity contribution >= 4 is 5.96 Å². The van der Waals surface area contributed by atoms with Crippen LogP contribution >= 0.6 is 0 Å². The highest BCUT2D eigenvalue weighted by Gasteiger charge is 2.28. The molecule has 2 atom stereocenters. The van der Waals surface area contributed by atoms with Crippen LogP contribution < -0.4 is 5.32 Å². The van der Waals surface area contributed by atoms with Crippen molar-refractivity contribution in [2.75, 3.05) is 52.4 Å². The molecule has 0 bridgehead atoms. The summed E-state index contributed by atoms with van der Waals surface area (Å²) in [6.45, 7) is 14.7. The number of nitrogens with zero attached hydrogens (tertiary/aromatic N) is 4. The molecule has 0 radical (unpaired) electrons. The minimum atomic E-state index is -0.435. The number of rotatable bonds is 8. The first-order valence-corrected chi connectivity index (χ1v) is 11.4. The molecule has 1 aromatic rings. The van der Waals surface area contributed by atoms with Gasteiger partial charge in [-0.05, 0) is 44.0 Å². The van der Waals surface area contributed by atoms with Gasteiger partial charge in [-0.2, -0.15) is 0 Å². The van der Waals surface area contributed by atoms with E-state index >= 15 is 0 Å². The molecule has 0 spiro atoms. The Kier molecular flexibility index (Phi) is 8.33. The lowest BCUT2D eigenvalue weighted by Gasteiger charge is -2.30. The lowest BCUT2D eigenvalue weighted by molar-refractivity contribution is 0.111. The summed E-state index contributed by atoms with van der Waals surface area (Å²) in [5.41, 5.74) is 2.84. The SMILES string of the molecule is CCNC(=NCC(O)CN1CCc2ccccc2C1)N1CCC(N(CC)CC)C1. The van der Waals surface area contributed by atoms with Crippen LogP contribution in [0.25, 0.3) is 0 Å². The number of aliphatic imine (C=N–C) groups is 1. The first-order valence-electron chi connectivity index (χ1n) is 11.4. The molecule has 1 fully saturated rings. The van der Waals surface area contributed by atoms with Gasteiger partial charge in [-0.25, -0.2) is 0 Å². The molecular weight excluding hydrogens is 362 g/mol. The van der Waals surface area contributed by atoms with Crippen LogP contribution in [0.3, 0.4) is 0 Å². The van der Waals surface area contributed by atoms with Gasteiger partial charge in [0.25, 0.3) is 0 Å². The van der Waals surface area contributed by atoms with E-state index in [9.17, 15) is 5.11 Å². The highest BCUT2D eigenvalue weighted by atomic mass is 16.3. The van der Waals surface area contributed by atoms with Crippen LogP contribution in [0, 0.1) is 0 Å². The molecule has 0 saturated carbocycles. The first kappa shape index (κ1) is 22.1. The van der Waals surface area contributed by atoms with Crippen molar-refractivity contribution < 1.29 is 5.11 Å². The second-order valence-electron chi connectivity index (χ2n) is 8.21. The fourth-order valence-corrected chi connectivity index (χ4v) is 4.66. The van der Waals surface area contributed by atoms with E-state index in [-0.39, 0.29) is 0 Å². The molecule has 2 aliphatic rings. The van der Waals surface area contributed by atoms with E-state index in [0.717, 1.165) is 58.2 Å². The van der Waals surface area contributed by atoms with Gasteiger partial charge in [0, 0.05) is 45.3 Å². The highest BCUT2D eigenvalue weighted by molar-refractivity contribution is 5.80. The number of benzene rings is 1. The van der Waals surface area contributed by atoms with Gasteiger partial charge in [-0.1, -0.05) is 38.1 Å². The molecule has 6 nitrogen and oxygen atoms in total. The predicted octanol–water partition coefficient (Wildman–Crippen LogP) is 1.79. The van der Waals surface area contributed by atoms with Gasteiger partial charge in [0.1, 0.15) is 0 Å². The zero-order chi connectivity index (χ0) is 20.6. The van der Waals surface area contributed by atoms with Crippen LogP contribution in [0.4, 0.5) is 0 Å². The normalized spacial score (nSPS) is 21.5. The van der Waals surface area contributed by atoms with Crippen molar-refractivity contribution in [3.05, 3.63) is 35.4 Å². The molecule has 6 heteroatoms. The van der Waals surface area contributed by atoms with Gasteiger partial charge in [0.15, 0.2) is 5.96 Å². The van der Waals surface area contributed by atoms with Crippen molar-refractivity contribution in [1.29, 1.82) is 0 Å². The Balaban J connectivity index is 1.52. The molecule has 0 aromatic heterocycles. The molecule has 3 rings (SSSR count). The minimum absolute atomic E-state index is 0.435. The van der Waals surface area contributed by atoms with Gasteiger partial charge in [-0.3, -0.25) is 14.8 Å². The van der Waals surface area contributed by atoms with Crippen LogP contribution in [0.2, 0.25) is 0 Å². The van der Waals surface area contributed by atoms with E-state index in [4.69, 9.17) is 4.99 Å². The van der Waals surface area contributed by atoms with Crippen molar-refractivity contribution in [2.45, 2.75) is 52.3 Å². The number of hydrogen-bond acceptors (Lipinski definition) is 4. The monoisotopic (exact) mass is 401 g/mol. The Hall–Kier alpha value is -1.63. The lowest BCUT2D eigenvalue weighted by Crippen LogP contribution is -2.44. The maximum absolute atomic E-state index is 10.6. The average Bonchev–Trinajstić information content (AvgIpc) is 3.21. The topological polar surface area (TPSA) is 54.3 Å². The Morgan fingerprint density at radius 2 is 1.97 bits per heavy atom.